The van der Waals surface area contributed by atoms with E-state index in [2.05, 4.69) is 36.0 Å². The number of aryl methyl sites for hydroxylation is 2. The van der Waals surface area contributed by atoms with Gasteiger partial charge in [0, 0.05) is 65.1 Å². The SMILES string of the molecule is Cn1c(=O)n(C2CCC(=O)NC2=O)c2cccc(CCCOC3CCN(CC4CCC(n5cc(NC(=O)c6cnn7ccc(N8C[C@H](NC(=O)OC(C)(C)C)CC(F)(F)C8)nc67)c(C(F)F)n5)CC4)CC3)c21. The number of carbonyl (C=O) groups is 4. The molecule has 1 unspecified atom stereocenters. The minimum Gasteiger partial charge on any atom is -0.444 e. The van der Waals surface area contributed by atoms with Crippen molar-refractivity contribution in [3.8, 4) is 0 Å². The van der Waals surface area contributed by atoms with Crippen LogP contribution in [-0.2, 0) is 32.5 Å². The predicted octanol–water partition coefficient (Wildman–Crippen LogP) is 6.33. The second-order valence-electron chi connectivity index (χ2n) is 20.7. The van der Waals surface area contributed by atoms with Crippen LogP contribution in [0.4, 0.5) is 33.9 Å². The van der Waals surface area contributed by atoms with Crippen LogP contribution in [0.5, 0.6) is 0 Å². The van der Waals surface area contributed by atoms with Crippen molar-refractivity contribution in [2.24, 2.45) is 13.0 Å². The highest BCUT2D eigenvalue weighted by Crippen LogP contribution is 2.36. The molecule has 4 aromatic heterocycles. The third-order valence-corrected chi connectivity index (χ3v) is 14.2. The van der Waals surface area contributed by atoms with E-state index < -0.39 is 66.6 Å². The number of imidazole rings is 1. The molecule has 2 atom stereocenters. The molecule has 1 aliphatic carbocycles. The standard InChI is InChI=1S/C49H62F4N12O7/c1-48(2,3)72-46(69)55-31-23-49(52,53)28-62(26-31)38-18-21-63-43(57-38)34(24-54-63)44(67)56-35-27-64(59-40(35)42(50)51)32-12-10-29(11-13-32)25-61-19-16-33(17-20-61)71-22-6-8-30-7-5-9-36-41(30)60(4)47(70)65(36)37-14-15-39(66)58-45(37)68/h5,7,9,18,21,24,27,29,31-33,37,42H,6,8,10-17,19-20,22-23,25-26,28H2,1-4H3,(H,55,69)(H,56,67)(H,58,66,68)/t29?,31-,32?,37?/m1/s1. The zero-order valence-electron chi connectivity index (χ0n) is 40.9. The Balaban J connectivity index is 0.740. The maximum atomic E-state index is 15.0. The summed E-state index contributed by atoms with van der Waals surface area (Å²) in [5, 5.41) is 15.9. The Morgan fingerprint density at radius 3 is 2.50 bits per heavy atom. The van der Waals surface area contributed by atoms with Gasteiger partial charge in [-0.05, 0) is 102 Å². The highest BCUT2D eigenvalue weighted by atomic mass is 19.3. The number of alkyl carbamates (subject to hydrolysis) is 1. The number of fused-ring (bicyclic) bond motifs is 2. The molecule has 0 spiro atoms. The Bertz CT molecular complexity index is 2870. The van der Waals surface area contributed by atoms with Gasteiger partial charge in [0.1, 0.15) is 23.0 Å². The van der Waals surface area contributed by atoms with Crippen LogP contribution in [0.3, 0.4) is 0 Å². The lowest BCUT2D eigenvalue weighted by atomic mass is 9.85. The third-order valence-electron chi connectivity index (χ3n) is 14.2. The van der Waals surface area contributed by atoms with Crippen molar-refractivity contribution < 1.29 is 46.2 Å². The van der Waals surface area contributed by atoms with Gasteiger partial charge in [0.2, 0.25) is 11.8 Å². The highest BCUT2D eigenvalue weighted by Gasteiger charge is 2.42. The summed E-state index contributed by atoms with van der Waals surface area (Å²) in [5.74, 6) is -4.20. The van der Waals surface area contributed by atoms with E-state index >= 15 is 0 Å². The highest BCUT2D eigenvalue weighted by molar-refractivity contribution is 6.08. The summed E-state index contributed by atoms with van der Waals surface area (Å²) in [4.78, 5) is 72.1. The number of halogens is 4. The van der Waals surface area contributed by atoms with E-state index in [0.717, 1.165) is 75.7 Å². The number of hydrogen-bond acceptors (Lipinski definition) is 12. The third kappa shape index (κ3) is 11.3. The number of rotatable bonds is 14. The van der Waals surface area contributed by atoms with Crippen LogP contribution >= 0.6 is 0 Å². The molecule has 1 aromatic carbocycles. The molecule has 3 N–H and O–H groups in total. The molecule has 9 rings (SSSR count). The first-order valence-corrected chi connectivity index (χ1v) is 24.8. The van der Waals surface area contributed by atoms with Crippen LogP contribution in [0.1, 0.15) is 125 Å². The number of aromatic nitrogens is 7. The Hall–Kier alpha value is -6.36. The van der Waals surface area contributed by atoms with Crippen molar-refractivity contribution in [3.63, 3.8) is 0 Å². The Kier molecular flexibility index (Phi) is 14.5. The average Bonchev–Trinajstić information content (AvgIpc) is 4.01. The molecule has 0 radical (unpaired) electrons. The molecule has 7 heterocycles. The van der Waals surface area contributed by atoms with Gasteiger partial charge in [0.05, 0.1) is 47.7 Å². The summed E-state index contributed by atoms with van der Waals surface area (Å²) in [7, 11) is 1.71. The number of likely N-dealkylation sites (tertiary alicyclic amines) is 1. The Morgan fingerprint density at radius 1 is 1.01 bits per heavy atom. The molecule has 5 aromatic rings. The second kappa shape index (κ2) is 20.6. The molecule has 23 heteroatoms. The molecule has 4 fully saturated rings. The van der Waals surface area contributed by atoms with Gasteiger partial charge in [0.15, 0.2) is 11.3 Å². The van der Waals surface area contributed by atoms with Gasteiger partial charge in [-0.3, -0.25) is 33.5 Å². The van der Waals surface area contributed by atoms with E-state index in [-0.39, 0.29) is 65.8 Å². The number of benzene rings is 1. The zero-order valence-corrected chi connectivity index (χ0v) is 40.9. The number of imide groups is 1. The second-order valence-corrected chi connectivity index (χ2v) is 20.7. The molecular weight excluding hydrogens is 945 g/mol. The molecule has 0 bridgehead atoms. The zero-order chi connectivity index (χ0) is 51.1. The topological polar surface area (TPSA) is 204 Å². The summed E-state index contributed by atoms with van der Waals surface area (Å²) >= 11 is 0. The lowest BCUT2D eigenvalue weighted by molar-refractivity contribution is -0.135. The van der Waals surface area contributed by atoms with Crippen LogP contribution < -0.4 is 26.5 Å². The van der Waals surface area contributed by atoms with Crippen molar-refractivity contribution in [1.82, 2.24) is 49.0 Å². The van der Waals surface area contributed by atoms with Crippen molar-refractivity contribution in [2.45, 2.75) is 134 Å². The summed E-state index contributed by atoms with van der Waals surface area (Å²) in [6.07, 6.45) is 6.85. The van der Waals surface area contributed by atoms with Crippen LogP contribution in [0.25, 0.3) is 16.7 Å². The first-order valence-electron chi connectivity index (χ1n) is 24.8. The minimum absolute atomic E-state index is 0.00897. The van der Waals surface area contributed by atoms with Crippen LogP contribution in [0, 0.1) is 5.92 Å². The fourth-order valence-electron chi connectivity index (χ4n) is 10.8. The first-order chi connectivity index (χ1) is 34.3. The fourth-order valence-corrected chi connectivity index (χ4v) is 10.8. The van der Waals surface area contributed by atoms with E-state index in [1.54, 1.807) is 32.4 Å². The van der Waals surface area contributed by atoms with E-state index in [1.165, 1.54) is 43.3 Å². The lowest BCUT2D eigenvalue weighted by Crippen LogP contribution is -2.56. The van der Waals surface area contributed by atoms with Crippen LogP contribution in [0.15, 0.2) is 47.7 Å². The average molecular weight is 1010 g/mol. The maximum absolute atomic E-state index is 15.0. The van der Waals surface area contributed by atoms with Crippen LogP contribution in [-0.4, -0.2) is 125 Å². The van der Waals surface area contributed by atoms with E-state index in [0.29, 0.717) is 24.5 Å². The largest absolute Gasteiger partial charge is 0.444 e. The number of ether oxygens (including phenoxy) is 2. The number of amides is 4. The smallest absolute Gasteiger partial charge is 0.407 e. The lowest BCUT2D eigenvalue weighted by Gasteiger charge is -2.38. The first kappa shape index (κ1) is 50.6. The quantitative estimate of drug-likeness (QED) is 0.0635. The number of carbonyl (C=O) groups excluding carboxylic acids is 4. The number of anilines is 2. The van der Waals surface area contributed by atoms with Crippen LogP contribution in [0.2, 0.25) is 0 Å². The molecule has 1 saturated carbocycles. The van der Waals surface area contributed by atoms with Crippen molar-refractivity contribution >= 4 is 52.0 Å². The normalized spacial score (nSPS) is 22.4. The van der Waals surface area contributed by atoms with E-state index in [1.807, 2.05) is 18.2 Å². The molecule has 19 nitrogen and oxygen atoms in total. The molecule has 3 aliphatic heterocycles. The maximum Gasteiger partial charge on any atom is 0.407 e. The van der Waals surface area contributed by atoms with E-state index in [4.69, 9.17) is 9.47 Å². The molecular formula is C49H62F4N12O7. The van der Waals surface area contributed by atoms with Gasteiger partial charge in [-0.15, -0.1) is 0 Å². The van der Waals surface area contributed by atoms with Gasteiger partial charge in [-0.2, -0.15) is 10.2 Å². The van der Waals surface area contributed by atoms with Gasteiger partial charge < -0.3 is 29.9 Å². The monoisotopic (exact) mass is 1010 g/mol. The number of piperidine rings is 3. The molecule has 4 aliphatic rings. The summed E-state index contributed by atoms with van der Waals surface area (Å²) in [6, 6.07) is 5.36. The number of alkyl halides is 4. The summed E-state index contributed by atoms with van der Waals surface area (Å²) in [6.45, 7) is 7.63. The Labute approximate surface area is 412 Å². The fraction of sp³-hybridized carbons (Fsp3) is 0.592. The van der Waals surface area contributed by atoms with Gasteiger partial charge in [-0.1, -0.05) is 12.1 Å². The number of nitrogens with zero attached hydrogens (tertiary/aromatic N) is 9. The minimum atomic E-state index is -3.18. The van der Waals surface area contributed by atoms with Crippen molar-refractivity contribution in [1.29, 1.82) is 0 Å². The Morgan fingerprint density at radius 2 is 1.78 bits per heavy atom. The molecule has 72 heavy (non-hydrogen) atoms. The number of para-hydroxylation sites is 1. The summed E-state index contributed by atoms with van der Waals surface area (Å²) in [5.41, 5.74) is 0.593. The van der Waals surface area contributed by atoms with Crippen molar-refractivity contribution in [2.75, 3.05) is 49.5 Å². The molecule has 4 amide bonds. The summed E-state index contributed by atoms with van der Waals surface area (Å²) < 4.78 is 76.3. The molecule has 388 valence electrons. The molecule has 3 saturated heterocycles. The number of hydrogen-bond donors (Lipinski definition) is 3. The number of nitrogens with one attached hydrogen (secondary N) is 3. The van der Waals surface area contributed by atoms with Gasteiger partial charge >= 0.3 is 11.8 Å². The van der Waals surface area contributed by atoms with Gasteiger partial charge in [0.25, 0.3) is 18.3 Å². The van der Waals surface area contributed by atoms with Gasteiger partial charge in [-0.25, -0.2) is 36.7 Å². The van der Waals surface area contributed by atoms with Crippen molar-refractivity contribution in [3.05, 3.63) is 70.2 Å². The predicted molar refractivity (Wildman–Crippen MR) is 256 cm³/mol. The van der Waals surface area contributed by atoms with E-state index in [9.17, 15) is 41.5 Å².